The van der Waals surface area contributed by atoms with Gasteiger partial charge in [0.15, 0.2) is 0 Å². The summed E-state index contributed by atoms with van der Waals surface area (Å²) in [5.41, 5.74) is 0.852. The molecule has 0 N–H and O–H groups in total. The summed E-state index contributed by atoms with van der Waals surface area (Å²) in [4.78, 5) is 4.88. The van der Waals surface area contributed by atoms with E-state index in [4.69, 9.17) is 9.26 Å². The Kier molecular flexibility index (Phi) is 5.87. The van der Waals surface area contributed by atoms with Crippen molar-refractivity contribution in [3.8, 4) is 17.1 Å². The van der Waals surface area contributed by atoms with E-state index in [1.807, 2.05) is 44.2 Å². The van der Waals surface area contributed by atoms with Crippen LogP contribution in [0.1, 0.15) is 38.5 Å². The molecule has 1 aliphatic heterocycles. The summed E-state index contributed by atoms with van der Waals surface area (Å²) in [6, 6.07) is 16.1. The zero-order chi connectivity index (χ0) is 21.1. The first kappa shape index (κ1) is 20.6. The highest BCUT2D eigenvalue weighted by atomic mass is 32.2. The van der Waals surface area contributed by atoms with Crippen LogP contribution in [0.15, 0.2) is 64.0 Å². The first-order chi connectivity index (χ1) is 14.4. The van der Waals surface area contributed by atoms with Crippen molar-refractivity contribution in [2.45, 2.75) is 43.6 Å². The minimum atomic E-state index is -3.46. The van der Waals surface area contributed by atoms with Gasteiger partial charge in [0.05, 0.1) is 11.0 Å². The molecule has 0 saturated carbocycles. The zero-order valence-corrected chi connectivity index (χ0v) is 17.9. The molecule has 1 saturated heterocycles. The van der Waals surface area contributed by atoms with Gasteiger partial charge in [-0.05, 0) is 63.1 Å². The minimum Gasteiger partial charge on any atom is -0.491 e. The van der Waals surface area contributed by atoms with Crippen LogP contribution in [0, 0.1) is 0 Å². The van der Waals surface area contributed by atoms with Gasteiger partial charge >= 0.3 is 0 Å². The largest absolute Gasteiger partial charge is 0.491 e. The molecule has 0 unspecified atom stereocenters. The Morgan fingerprint density at radius 1 is 1.03 bits per heavy atom. The molecule has 0 aliphatic carbocycles. The molecule has 3 aromatic rings. The number of hydrogen-bond donors (Lipinski definition) is 0. The van der Waals surface area contributed by atoms with Crippen LogP contribution >= 0.6 is 0 Å². The maximum atomic E-state index is 12.8. The highest BCUT2D eigenvalue weighted by Gasteiger charge is 2.32. The van der Waals surface area contributed by atoms with E-state index < -0.39 is 10.0 Å². The van der Waals surface area contributed by atoms with Crippen LogP contribution in [0.25, 0.3) is 11.4 Å². The standard InChI is InChI=1S/C22H25N3O4S/c1-16(2)28-19-10-8-17(9-11-19)21-23-22(29-24-21)18-12-14-25(15-13-18)30(26,27)20-6-4-3-5-7-20/h3-11,16,18H,12-15H2,1-2H3. The number of hydrogen-bond acceptors (Lipinski definition) is 6. The number of benzene rings is 2. The summed E-state index contributed by atoms with van der Waals surface area (Å²) in [6.07, 6.45) is 1.41. The van der Waals surface area contributed by atoms with Gasteiger partial charge in [0.1, 0.15) is 5.75 Å². The van der Waals surface area contributed by atoms with Crippen LogP contribution in [0.3, 0.4) is 0 Å². The Bertz CT molecular complexity index is 1070. The van der Waals surface area contributed by atoms with Crippen molar-refractivity contribution in [1.29, 1.82) is 0 Å². The van der Waals surface area contributed by atoms with Gasteiger partial charge in [0.25, 0.3) is 0 Å². The van der Waals surface area contributed by atoms with Gasteiger partial charge in [-0.2, -0.15) is 9.29 Å². The normalized spacial score (nSPS) is 16.1. The molecular weight excluding hydrogens is 402 g/mol. The second-order valence-electron chi connectivity index (χ2n) is 7.64. The maximum Gasteiger partial charge on any atom is 0.243 e. The van der Waals surface area contributed by atoms with Crippen LogP contribution < -0.4 is 4.74 Å². The van der Waals surface area contributed by atoms with Crippen molar-refractivity contribution in [3.05, 3.63) is 60.5 Å². The van der Waals surface area contributed by atoms with E-state index in [1.54, 1.807) is 24.3 Å². The third kappa shape index (κ3) is 4.39. The van der Waals surface area contributed by atoms with E-state index in [9.17, 15) is 8.42 Å². The molecule has 0 spiro atoms. The molecule has 1 fully saturated rings. The number of sulfonamides is 1. The minimum absolute atomic E-state index is 0.0528. The fourth-order valence-electron chi connectivity index (χ4n) is 3.56. The topological polar surface area (TPSA) is 85.5 Å². The molecule has 2 aromatic carbocycles. The van der Waals surface area contributed by atoms with Crippen molar-refractivity contribution in [1.82, 2.24) is 14.4 Å². The van der Waals surface area contributed by atoms with Crippen molar-refractivity contribution in [2.75, 3.05) is 13.1 Å². The van der Waals surface area contributed by atoms with E-state index in [1.165, 1.54) is 4.31 Å². The van der Waals surface area contributed by atoms with E-state index in [0.29, 0.717) is 42.5 Å². The first-order valence-corrected chi connectivity index (χ1v) is 11.5. The van der Waals surface area contributed by atoms with Crippen LogP contribution in [0.4, 0.5) is 0 Å². The molecule has 4 rings (SSSR count). The van der Waals surface area contributed by atoms with Gasteiger partial charge in [0.2, 0.25) is 21.7 Å². The summed E-state index contributed by atoms with van der Waals surface area (Å²) in [7, 11) is -3.46. The molecule has 7 nitrogen and oxygen atoms in total. The molecular formula is C22H25N3O4S. The SMILES string of the molecule is CC(C)Oc1ccc(-c2noc(C3CCN(S(=O)(=O)c4ccccc4)CC3)n2)cc1. The number of aromatic nitrogens is 2. The quantitative estimate of drug-likeness (QED) is 0.589. The third-order valence-electron chi connectivity index (χ3n) is 5.11. The summed E-state index contributed by atoms with van der Waals surface area (Å²) < 4.78 is 38.2. The van der Waals surface area contributed by atoms with Crippen LogP contribution in [-0.4, -0.2) is 42.1 Å². The Hall–Kier alpha value is -2.71. The van der Waals surface area contributed by atoms with Crippen LogP contribution in [0.5, 0.6) is 5.75 Å². The summed E-state index contributed by atoms with van der Waals surface area (Å²) in [5, 5.41) is 4.11. The lowest BCUT2D eigenvalue weighted by Gasteiger charge is -2.29. The Morgan fingerprint density at radius 3 is 2.33 bits per heavy atom. The number of ether oxygens (including phenoxy) is 1. The van der Waals surface area contributed by atoms with Gasteiger partial charge in [-0.3, -0.25) is 0 Å². The fourth-order valence-corrected chi connectivity index (χ4v) is 5.05. The second-order valence-corrected chi connectivity index (χ2v) is 9.58. The zero-order valence-electron chi connectivity index (χ0n) is 17.1. The molecule has 158 valence electrons. The Balaban J connectivity index is 1.41. The Morgan fingerprint density at radius 2 is 1.70 bits per heavy atom. The van der Waals surface area contributed by atoms with E-state index in [-0.39, 0.29) is 12.0 Å². The highest BCUT2D eigenvalue weighted by molar-refractivity contribution is 7.89. The lowest BCUT2D eigenvalue weighted by atomic mass is 9.98. The number of piperidine rings is 1. The van der Waals surface area contributed by atoms with E-state index in [0.717, 1.165) is 11.3 Å². The molecule has 8 heteroatoms. The summed E-state index contributed by atoms with van der Waals surface area (Å²) in [6.45, 7) is 4.83. The Labute approximate surface area is 176 Å². The van der Waals surface area contributed by atoms with Crippen LogP contribution in [-0.2, 0) is 10.0 Å². The third-order valence-corrected chi connectivity index (χ3v) is 7.02. The molecule has 0 atom stereocenters. The predicted molar refractivity (Wildman–Crippen MR) is 113 cm³/mol. The van der Waals surface area contributed by atoms with Gasteiger partial charge < -0.3 is 9.26 Å². The molecule has 1 aromatic heterocycles. The fraction of sp³-hybridized carbons (Fsp3) is 0.364. The lowest BCUT2D eigenvalue weighted by molar-refractivity contribution is 0.242. The first-order valence-electron chi connectivity index (χ1n) is 10.1. The monoisotopic (exact) mass is 427 g/mol. The second kappa shape index (κ2) is 8.57. The van der Waals surface area contributed by atoms with Crippen molar-refractivity contribution in [2.24, 2.45) is 0 Å². The molecule has 2 heterocycles. The maximum absolute atomic E-state index is 12.8. The van der Waals surface area contributed by atoms with Crippen molar-refractivity contribution < 1.29 is 17.7 Å². The van der Waals surface area contributed by atoms with Crippen LogP contribution in [0.2, 0.25) is 0 Å². The summed E-state index contributed by atoms with van der Waals surface area (Å²) >= 11 is 0. The average molecular weight is 428 g/mol. The lowest BCUT2D eigenvalue weighted by Crippen LogP contribution is -2.37. The molecule has 1 aliphatic rings. The summed E-state index contributed by atoms with van der Waals surface area (Å²) in [5.74, 6) is 1.94. The predicted octanol–water partition coefficient (Wildman–Crippen LogP) is 4.09. The molecule has 30 heavy (non-hydrogen) atoms. The molecule has 0 amide bonds. The van der Waals surface area contributed by atoms with Gasteiger partial charge in [-0.15, -0.1) is 0 Å². The smallest absolute Gasteiger partial charge is 0.243 e. The number of nitrogens with zero attached hydrogens (tertiary/aromatic N) is 3. The van der Waals surface area contributed by atoms with Crippen molar-refractivity contribution in [3.63, 3.8) is 0 Å². The van der Waals surface area contributed by atoms with Gasteiger partial charge in [0, 0.05) is 24.6 Å². The molecule has 0 bridgehead atoms. The highest BCUT2D eigenvalue weighted by Crippen LogP contribution is 2.31. The number of rotatable bonds is 6. The molecule has 0 radical (unpaired) electrons. The van der Waals surface area contributed by atoms with E-state index in [2.05, 4.69) is 10.1 Å². The van der Waals surface area contributed by atoms with Crippen molar-refractivity contribution >= 4 is 10.0 Å². The average Bonchev–Trinajstić information content (AvgIpc) is 3.25. The van der Waals surface area contributed by atoms with E-state index >= 15 is 0 Å². The van der Waals surface area contributed by atoms with Gasteiger partial charge in [-0.25, -0.2) is 8.42 Å². The van der Waals surface area contributed by atoms with Gasteiger partial charge in [-0.1, -0.05) is 23.4 Å².